The van der Waals surface area contributed by atoms with E-state index >= 15 is 0 Å². The molecule has 0 radical (unpaired) electrons. The number of hydrogen-bond donors (Lipinski definition) is 1. The number of ether oxygens (including phenoxy) is 1. The quantitative estimate of drug-likeness (QED) is 0.913. The van der Waals surface area contributed by atoms with Gasteiger partial charge in [0.2, 0.25) is 0 Å². The summed E-state index contributed by atoms with van der Waals surface area (Å²) in [5.74, 6) is 0.542. The van der Waals surface area contributed by atoms with Crippen molar-refractivity contribution < 1.29 is 9.13 Å². The predicted molar refractivity (Wildman–Crippen MR) is 77.7 cm³/mol. The van der Waals surface area contributed by atoms with E-state index < -0.39 is 0 Å². The maximum absolute atomic E-state index is 13.0. The van der Waals surface area contributed by atoms with Crippen molar-refractivity contribution in [2.45, 2.75) is 12.5 Å². The molecule has 2 aromatic rings. The van der Waals surface area contributed by atoms with E-state index in [1.54, 1.807) is 6.07 Å². The first-order chi connectivity index (χ1) is 9.15. The minimum atomic E-state index is -0.260. The second-order valence-electron chi connectivity index (χ2n) is 4.32. The third-order valence-electron chi connectivity index (χ3n) is 2.70. The SMILES string of the molecule is NC(COc1ccccc1)Cc1ccc(F)cc1Br. The van der Waals surface area contributed by atoms with Gasteiger partial charge >= 0.3 is 0 Å². The Kier molecular flexibility index (Phi) is 4.93. The number of rotatable bonds is 5. The summed E-state index contributed by atoms with van der Waals surface area (Å²) < 4.78 is 19.3. The van der Waals surface area contributed by atoms with Gasteiger partial charge in [-0.1, -0.05) is 40.2 Å². The highest BCUT2D eigenvalue weighted by molar-refractivity contribution is 9.10. The Morgan fingerprint density at radius 1 is 1.16 bits per heavy atom. The van der Waals surface area contributed by atoms with Gasteiger partial charge in [-0.25, -0.2) is 4.39 Å². The molecule has 19 heavy (non-hydrogen) atoms. The summed E-state index contributed by atoms with van der Waals surface area (Å²) in [7, 11) is 0. The lowest BCUT2D eigenvalue weighted by Gasteiger charge is -2.14. The minimum absolute atomic E-state index is 0.137. The number of nitrogens with two attached hydrogens (primary N) is 1. The van der Waals surface area contributed by atoms with E-state index in [2.05, 4.69) is 15.9 Å². The van der Waals surface area contributed by atoms with E-state index in [0.717, 1.165) is 15.8 Å². The minimum Gasteiger partial charge on any atom is -0.492 e. The Balaban J connectivity index is 1.89. The molecule has 0 spiro atoms. The lowest BCUT2D eigenvalue weighted by molar-refractivity contribution is 0.287. The van der Waals surface area contributed by atoms with Gasteiger partial charge in [0.1, 0.15) is 18.2 Å². The normalized spacial score (nSPS) is 12.2. The molecular weight excluding hydrogens is 309 g/mol. The number of para-hydroxylation sites is 1. The lowest BCUT2D eigenvalue weighted by Crippen LogP contribution is -2.30. The van der Waals surface area contributed by atoms with Crippen LogP contribution in [-0.4, -0.2) is 12.6 Å². The summed E-state index contributed by atoms with van der Waals surface area (Å²) in [4.78, 5) is 0. The van der Waals surface area contributed by atoms with Crippen molar-refractivity contribution in [1.29, 1.82) is 0 Å². The predicted octanol–water partition coefficient (Wildman–Crippen LogP) is 3.54. The van der Waals surface area contributed by atoms with Gasteiger partial charge in [-0.05, 0) is 36.2 Å². The molecule has 4 heteroatoms. The molecule has 0 heterocycles. The van der Waals surface area contributed by atoms with Crippen LogP contribution in [0.25, 0.3) is 0 Å². The Hall–Kier alpha value is -1.39. The molecule has 0 aliphatic heterocycles. The van der Waals surface area contributed by atoms with E-state index in [-0.39, 0.29) is 11.9 Å². The molecule has 0 saturated carbocycles. The zero-order valence-electron chi connectivity index (χ0n) is 10.4. The van der Waals surface area contributed by atoms with Crippen molar-refractivity contribution in [3.8, 4) is 5.75 Å². The van der Waals surface area contributed by atoms with E-state index in [9.17, 15) is 4.39 Å². The van der Waals surface area contributed by atoms with Crippen LogP contribution in [0.4, 0.5) is 4.39 Å². The van der Waals surface area contributed by atoms with E-state index in [0.29, 0.717) is 13.0 Å². The summed E-state index contributed by atoms with van der Waals surface area (Å²) in [5.41, 5.74) is 7.00. The van der Waals surface area contributed by atoms with Crippen LogP contribution in [0.1, 0.15) is 5.56 Å². The number of halogens is 2. The van der Waals surface area contributed by atoms with E-state index in [4.69, 9.17) is 10.5 Å². The number of benzene rings is 2. The summed E-state index contributed by atoms with van der Waals surface area (Å²) in [6.45, 7) is 0.424. The monoisotopic (exact) mass is 323 g/mol. The van der Waals surface area contributed by atoms with Crippen LogP contribution in [0.3, 0.4) is 0 Å². The first-order valence-electron chi connectivity index (χ1n) is 6.02. The van der Waals surface area contributed by atoms with Crippen LogP contribution >= 0.6 is 15.9 Å². The zero-order chi connectivity index (χ0) is 13.7. The number of hydrogen-bond acceptors (Lipinski definition) is 2. The Morgan fingerprint density at radius 2 is 1.89 bits per heavy atom. The van der Waals surface area contributed by atoms with Crippen molar-refractivity contribution in [2.75, 3.05) is 6.61 Å². The average Bonchev–Trinajstić information content (AvgIpc) is 2.41. The van der Waals surface area contributed by atoms with Gasteiger partial charge in [0.05, 0.1) is 0 Å². The summed E-state index contributed by atoms with van der Waals surface area (Å²) in [6, 6.07) is 14.0. The highest BCUT2D eigenvalue weighted by Gasteiger charge is 2.08. The van der Waals surface area contributed by atoms with Gasteiger partial charge in [-0.3, -0.25) is 0 Å². The summed E-state index contributed by atoms with van der Waals surface area (Å²) in [6.07, 6.45) is 0.633. The van der Waals surface area contributed by atoms with Crippen LogP contribution < -0.4 is 10.5 Å². The third kappa shape index (κ3) is 4.33. The molecule has 2 N–H and O–H groups in total. The molecular formula is C15H15BrFNO. The van der Waals surface area contributed by atoms with Crippen molar-refractivity contribution in [3.63, 3.8) is 0 Å². The smallest absolute Gasteiger partial charge is 0.124 e. The van der Waals surface area contributed by atoms with Crippen LogP contribution in [-0.2, 0) is 6.42 Å². The second-order valence-corrected chi connectivity index (χ2v) is 5.18. The zero-order valence-corrected chi connectivity index (χ0v) is 11.9. The molecule has 0 aliphatic carbocycles. The summed E-state index contributed by atoms with van der Waals surface area (Å²) in [5, 5.41) is 0. The highest BCUT2D eigenvalue weighted by atomic mass is 79.9. The van der Waals surface area contributed by atoms with Crippen LogP contribution in [0.5, 0.6) is 5.75 Å². The van der Waals surface area contributed by atoms with Crippen molar-refractivity contribution >= 4 is 15.9 Å². The molecule has 0 saturated heterocycles. The Morgan fingerprint density at radius 3 is 2.58 bits per heavy atom. The van der Waals surface area contributed by atoms with Crippen LogP contribution in [0, 0.1) is 5.82 Å². The van der Waals surface area contributed by atoms with Crippen LogP contribution in [0.2, 0.25) is 0 Å². The van der Waals surface area contributed by atoms with Gasteiger partial charge in [0.15, 0.2) is 0 Å². The molecule has 0 aromatic heterocycles. The third-order valence-corrected chi connectivity index (χ3v) is 3.44. The molecule has 1 unspecified atom stereocenters. The first kappa shape index (κ1) is 14.0. The van der Waals surface area contributed by atoms with Gasteiger partial charge in [0, 0.05) is 10.5 Å². The molecule has 1 atom stereocenters. The van der Waals surface area contributed by atoms with Gasteiger partial charge < -0.3 is 10.5 Å². The maximum atomic E-state index is 13.0. The van der Waals surface area contributed by atoms with E-state index in [1.165, 1.54) is 12.1 Å². The molecule has 2 rings (SSSR count). The van der Waals surface area contributed by atoms with E-state index in [1.807, 2.05) is 30.3 Å². The fourth-order valence-corrected chi connectivity index (χ4v) is 2.26. The standard InChI is InChI=1S/C15H15BrFNO/c16-15-9-12(17)7-6-11(15)8-13(18)10-19-14-4-2-1-3-5-14/h1-7,9,13H,8,10,18H2. The molecule has 0 aliphatic rings. The van der Waals surface area contributed by atoms with Crippen molar-refractivity contribution in [2.24, 2.45) is 5.73 Å². The second kappa shape index (κ2) is 6.68. The molecule has 2 aromatic carbocycles. The largest absolute Gasteiger partial charge is 0.492 e. The Labute approximate surface area is 120 Å². The van der Waals surface area contributed by atoms with Crippen molar-refractivity contribution in [3.05, 3.63) is 64.4 Å². The average molecular weight is 324 g/mol. The maximum Gasteiger partial charge on any atom is 0.124 e. The summed E-state index contributed by atoms with van der Waals surface area (Å²) >= 11 is 3.34. The van der Waals surface area contributed by atoms with Crippen molar-refractivity contribution in [1.82, 2.24) is 0 Å². The molecule has 0 amide bonds. The molecule has 2 nitrogen and oxygen atoms in total. The fourth-order valence-electron chi connectivity index (χ4n) is 1.75. The molecule has 0 bridgehead atoms. The Bertz CT molecular complexity index is 533. The van der Waals surface area contributed by atoms with Crippen LogP contribution in [0.15, 0.2) is 53.0 Å². The first-order valence-corrected chi connectivity index (χ1v) is 6.82. The fraction of sp³-hybridized carbons (Fsp3) is 0.200. The molecule has 100 valence electrons. The highest BCUT2D eigenvalue weighted by Crippen LogP contribution is 2.19. The topological polar surface area (TPSA) is 35.2 Å². The van der Waals surface area contributed by atoms with Gasteiger partial charge in [-0.2, -0.15) is 0 Å². The van der Waals surface area contributed by atoms with Gasteiger partial charge in [0.25, 0.3) is 0 Å². The lowest BCUT2D eigenvalue weighted by atomic mass is 10.1. The molecule has 0 fully saturated rings. The van der Waals surface area contributed by atoms with Gasteiger partial charge in [-0.15, -0.1) is 0 Å².